The zero-order valence-corrected chi connectivity index (χ0v) is 12.1. The van der Waals surface area contributed by atoms with Crippen LogP contribution in [0.3, 0.4) is 0 Å². The molecule has 1 saturated carbocycles. The van der Waals surface area contributed by atoms with Crippen LogP contribution in [0.4, 0.5) is 0 Å². The highest BCUT2D eigenvalue weighted by atomic mass is 16.3. The Hall–Kier alpha value is -1.33. The summed E-state index contributed by atoms with van der Waals surface area (Å²) in [6.07, 6.45) is 3.02. The first-order valence-electron chi connectivity index (χ1n) is 7.14. The van der Waals surface area contributed by atoms with Crippen molar-refractivity contribution >= 4 is 0 Å². The normalized spacial score (nSPS) is 28.7. The van der Waals surface area contributed by atoms with Crippen LogP contribution in [0, 0.1) is 36.5 Å². The third kappa shape index (κ3) is 2.82. The third-order valence-corrected chi connectivity index (χ3v) is 4.47. The number of hydrogen-bond donors (Lipinski definition) is 1. The van der Waals surface area contributed by atoms with Gasteiger partial charge in [0.2, 0.25) is 0 Å². The smallest absolute Gasteiger partial charge is 0.0976 e. The lowest BCUT2D eigenvalue weighted by Crippen LogP contribution is -2.32. The highest BCUT2D eigenvalue weighted by Crippen LogP contribution is 2.47. The summed E-state index contributed by atoms with van der Waals surface area (Å²) in [6.45, 7) is 6.29. The van der Waals surface area contributed by atoms with Crippen LogP contribution in [0.2, 0.25) is 0 Å². The Kier molecular flexibility index (Phi) is 3.96. The van der Waals surface area contributed by atoms with Gasteiger partial charge in [0.1, 0.15) is 0 Å². The average molecular weight is 257 g/mol. The van der Waals surface area contributed by atoms with Crippen molar-refractivity contribution in [2.75, 3.05) is 0 Å². The predicted molar refractivity (Wildman–Crippen MR) is 76.6 cm³/mol. The predicted octanol–water partition coefficient (Wildman–Crippen LogP) is 4.06. The van der Waals surface area contributed by atoms with Gasteiger partial charge < -0.3 is 5.11 Å². The molecule has 1 aliphatic carbocycles. The van der Waals surface area contributed by atoms with Gasteiger partial charge in [0.05, 0.1) is 17.6 Å². The summed E-state index contributed by atoms with van der Waals surface area (Å²) in [4.78, 5) is 0. The number of aliphatic hydroxyl groups is 1. The maximum Gasteiger partial charge on any atom is 0.0976 e. The van der Waals surface area contributed by atoms with E-state index in [0.29, 0.717) is 5.92 Å². The molecule has 1 fully saturated rings. The van der Waals surface area contributed by atoms with Gasteiger partial charge in [-0.05, 0) is 51.0 Å². The summed E-state index contributed by atoms with van der Waals surface area (Å²) in [7, 11) is 0. The Labute approximate surface area is 116 Å². The average Bonchev–Trinajstić information content (AvgIpc) is 2.38. The van der Waals surface area contributed by atoms with Gasteiger partial charge in [-0.2, -0.15) is 5.26 Å². The lowest BCUT2D eigenvalue weighted by Gasteiger charge is -2.37. The number of nitrogens with zero attached hydrogens (tertiary/aromatic N) is 1. The topological polar surface area (TPSA) is 44.0 Å². The molecule has 1 aromatic carbocycles. The second-order valence-corrected chi connectivity index (χ2v) is 6.27. The molecule has 0 bridgehead atoms. The van der Waals surface area contributed by atoms with Crippen molar-refractivity contribution in [1.82, 2.24) is 0 Å². The van der Waals surface area contributed by atoms with Crippen molar-refractivity contribution < 1.29 is 5.11 Å². The highest BCUT2D eigenvalue weighted by Gasteiger charge is 2.41. The van der Waals surface area contributed by atoms with Crippen LogP contribution >= 0.6 is 0 Å². The monoisotopic (exact) mass is 257 g/mol. The number of rotatable bonds is 2. The zero-order valence-electron chi connectivity index (χ0n) is 12.1. The zero-order chi connectivity index (χ0) is 14.0. The number of aliphatic hydroxyl groups excluding tert-OH is 1. The third-order valence-electron chi connectivity index (χ3n) is 4.47. The molecule has 0 amide bonds. The van der Waals surface area contributed by atoms with Gasteiger partial charge >= 0.3 is 0 Å². The minimum atomic E-state index is -0.663. The van der Waals surface area contributed by atoms with E-state index >= 15 is 0 Å². The molecule has 1 N–H and O–H groups in total. The molecule has 0 spiro atoms. The Morgan fingerprint density at radius 1 is 1.21 bits per heavy atom. The molecule has 0 radical (unpaired) electrons. The number of nitriles is 1. The molecule has 2 nitrogen and oxygen atoms in total. The van der Waals surface area contributed by atoms with Crippen LogP contribution in [0.1, 0.15) is 55.4 Å². The molecule has 0 aromatic heterocycles. The molecule has 0 aliphatic heterocycles. The maximum atomic E-state index is 10.7. The van der Waals surface area contributed by atoms with Crippen molar-refractivity contribution in [3.05, 3.63) is 34.9 Å². The van der Waals surface area contributed by atoms with Crippen LogP contribution in [0.25, 0.3) is 0 Å². The van der Waals surface area contributed by atoms with Gasteiger partial charge in [-0.25, -0.2) is 0 Å². The molecule has 1 atom stereocenters. The highest BCUT2D eigenvalue weighted by molar-refractivity contribution is 5.32. The number of aryl methyl sites for hydroxylation is 2. The Balaban J connectivity index is 2.31. The molecule has 0 heterocycles. The van der Waals surface area contributed by atoms with E-state index in [2.05, 4.69) is 19.1 Å². The van der Waals surface area contributed by atoms with Gasteiger partial charge in [-0.15, -0.1) is 0 Å². The van der Waals surface area contributed by atoms with Crippen molar-refractivity contribution in [3.63, 3.8) is 0 Å². The molecule has 1 aromatic rings. The first-order valence-corrected chi connectivity index (χ1v) is 7.14. The van der Waals surface area contributed by atoms with Crippen LogP contribution in [0.15, 0.2) is 18.2 Å². The van der Waals surface area contributed by atoms with Crippen LogP contribution < -0.4 is 0 Å². The summed E-state index contributed by atoms with van der Waals surface area (Å²) < 4.78 is 0. The fourth-order valence-corrected chi connectivity index (χ4v) is 3.21. The molecule has 19 heavy (non-hydrogen) atoms. The fraction of sp³-hybridized carbons (Fsp3) is 0.588. The second kappa shape index (κ2) is 5.35. The van der Waals surface area contributed by atoms with Crippen molar-refractivity contribution in [2.24, 2.45) is 11.3 Å². The summed E-state index contributed by atoms with van der Waals surface area (Å²) in [6, 6.07) is 8.54. The lowest BCUT2D eigenvalue weighted by molar-refractivity contribution is 0.0266. The van der Waals surface area contributed by atoms with Gasteiger partial charge in [0.25, 0.3) is 0 Å². The van der Waals surface area contributed by atoms with Gasteiger partial charge in [0, 0.05) is 0 Å². The molecule has 1 unspecified atom stereocenters. The van der Waals surface area contributed by atoms with Crippen molar-refractivity contribution in [2.45, 2.75) is 52.6 Å². The van der Waals surface area contributed by atoms with E-state index in [4.69, 9.17) is 0 Å². The lowest BCUT2D eigenvalue weighted by atomic mass is 9.67. The van der Waals surface area contributed by atoms with E-state index in [-0.39, 0.29) is 0 Å². The maximum absolute atomic E-state index is 10.7. The van der Waals surface area contributed by atoms with Crippen molar-refractivity contribution in [1.29, 1.82) is 5.26 Å². The summed E-state index contributed by atoms with van der Waals surface area (Å²) in [5, 5.41) is 20.3. The quantitative estimate of drug-likeness (QED) is 0.868. The first kappa shape index (κ1) is 14.1. The Morgan fingerprint density at radius 2 is 1.74 bits per heavy atom. The first-order chi connectivity index (χ1) is 8.97. The summed E-state index contributed by atoms with van der Waals surface area (Å²) in [5.41, 5.74) is 2.60. The summed E-state index contributed by atoms with van der Waals surface area (Å²) in [5.74, 6) is 0.674. The summed E-state index contributed by atoms with van der Waals surface area (Å²) >= 11 is 0. The Morgan fingerprint density at radius 3 is 2.21 bits per heavy atom. The largest absolute Gasteiger partial charge is 0.387 e. The second-order valence-electron chi connectivity index (χ2n) is 6.27. The SMILES string of the molecule is Cc1cc(C)cc(C(O)C2(C#N)CCC(C)CC2)c1. The fourth-order valence-electron chi connectivity index (χ4n) is 3.21. The van der Waals surface area contributed by atoms with E-state index in [1.165, 1.54) is 0 Å². The van der Waals surface area contributed by atoms with Crippen LogP contribution in [0.5, 0.6) is 0 Å². The molecule has 1 aliphatic rings. The van der Waals surface area contributed by atoms with Crippen molar-refractivity contribution in [3.8, 4) is 6.07 Å². The molecule has 2 heteroatoms. The van der Waals surface area contributed by atoms with Gasteiger partial charge in [-0.1, -0.05) is 36.2 Å². The Bertz CT molecular complexity index is 472. The van der Waals surface area contributed by atoms with E-state index in [1.54, 1.807) is 0 Å². The standard InChI is InChI=1S/C17H23NO/c1-12-4-6-17(11-18,7-5-12)16(19)15-9-13(2)8-14(3)10-15/h8-10,12,16,19H,4-7H2,1-3H3. The molecular formula is C17H23NO. The molecular weight excluding hydrogens is 234 g/mol. The molecule has 102 valence electrons. The van der Waals surface area contributed by atoms with E-state index < -0.39 is 11.5 Å². The number of hydrogen-bond acceptors (Lipinski definition) is 2. The molecule has 0 saturated heterocycles. The molecule has 2 rings (SSSR count). The number of benzene rings is 1. The van der Waals surface area contributed by atoms with E-state index in [9.17, 15) is 10.4 Å². The van der Waals surface area contributed by atoms with Crippen LogP contribution in [-0.4, -0.2) is 5.11 Å². The minimum Gasteiger partial charge on any atom is -0.387 e. The minimum absolute atomic E-state index is 0.591. The van der Waals surface area contributed by atoms with E-state index in [0.717, 1.165) is 42.4 Å². The van der Waals surface area contributed by atoms with Gasteiger partial charge in [-0.3, -0.25) is 0 Å². The van der Waals surface area contributed by atoms with E-state index in [1.807, 2.05) is 26.0 Å². The van der Waals surface area contributed by atoms with Crippen LogP contribution in [-0.2, 0) is 0 Å². The van der Waals surface area contributed by atoms with Gasteiger partial charge in [0.15, 0.2) is 0 Å².